The van der Waals surface area contributed by atoms with E-state index >= 15 is 0 Å². The first kappa shape index (κ1) is 14.9. The quantitative estimate of drug-likeness (QED) is 0.857. The molecular formula is C14H15Cl2N3O. The fourth-order valence-electron chi connectivity index (χ4n) is 1.88. The van der Waals surface area contributed by atoms with E-state index in [4.69, 9.17) is 23.2 Å². The van der Waals surface area contributed by atoms with Crippen molar-refractivity contribution in [3.63, 3.8) is 0 Å². The highest BCUT2D eigenvalue weighted by atomic mass is 35.5. The molecule has 6 heteroatoms. The molecule has 2 aromatic heterocycles. The van der Waals surface area contributed by atoms with Crippen molar-refractivity contribution in [2.75, 3.05) is 5.32 Å². The van der Waals surface area contributed by atoms with E-state index in [2.05, 4.69) is 10.3 Å². The molecule has 0 unspecified atom stereocenters. The molecule has 0 aliphatic heterocycles. The number of nitrogens with one attached hydrogen (secondary N) is 1. The molecule has 2 rings (SSSR count). The van der Waals surface area contributed by atoms with Crippen LogP contribution in [0.25, 0.3) is 0 Å². The number of carbonyl (C=O) groups excluding carboxylic acids is 1. The van der Waals surface area contributed by atoms with Gasteiger partial charge in [0.1, 0.15) is 5.69 Å². The molecule has 4 nitrogen and oxygen atoms in total. The number of halogens is 2. The number of carbonyl (C=O) groups is 1. The first-order valence-electron chi connectivity index (χ1n) is 6.19. The van der Waals surface area contributed by atoms with E-state index in [0.717, 1.165) is 5.56 Å². The maximum Gasteiger partial charge on any atom is 0.272 e. The van der Waals surface area contributed by atoms with Crippen molar-refractivity contribution >= 4 is 34.8 Å². The number of nitrogens with zero attached hydrogens (tertiary/aromatic N) is 2. The molecule has 1 N–H and O–H groups in total. The van der Waals surface area contributed by atoms with E-state index < -0.39 is 0 Å². The predicted octanol–water partition coefficient (Wildman–Crippen LogP) is 4.33. The molecule has 0 saturated carbocycles. The third kappa shape index (κ3) is 3.14. The molecule has 2 heterocycles. The standard InChI is InChI=1S/C14H15Cl2N3O/c1-8(2)19-7-10(15)5-12(19)14(20)18-11-4-9(3)6-17-13(11)16/h4-8H,1-3H3,(H,18,20). The molecule has 0 aromatic carbocycles. The fraction of sp³-hybridized carbons (Fsp3) is 0.286. The highest BCUT2D eigenvalue weighted by Gasteiger charge is 2.16. The Labute approximate surface area is 127 Å². The van der Waals surface area contributed by atoms with Crippen LogP contribution in [0.5, 0.6) is 0 Å². The summed E-state index contributed by atoms with van der Waals surface area (Å²) in [7, 11) is 0. The number of aryl methyl sites for hydroxylation is 1. The highest BCUT2D eigenvalue weighted by Crippen LogP contribution is 2.23. The number of hydrogen-bond donors (Lipinski definition) is 1. The van der Waals surface area contributed by atoms with E-state index in [1.165, 1.54) is 0 Å². The number of anilines is 1. The first-order valence-corrected chi connectivity index (χ1v) is 6.95. The minimum atomic E-state index is -0.264. The average molecular weight is 312 g/mol. The summed E-state index contributed by atoms with van der Waals surface area (Å²) in [5.41, 5.74) is 1.90. The molecule has 0 atom stereocenters. The van der Waals surface area contributed by atoms with Gasteiger partial charge in [0, 0.05) is 18.4 Å². The van der Waals surface area contributed by atoms with Crippen LogP contribution in [0, 0.1) is 6.92 Å². The van der Waals surface area contributed by atoms with Gasteiger partial charge < -0.3 is 9.88 Å². The number of aromatic nitrogens is 2. The topological polar surface area (TPSA) is 46.9 Å². The minimum absolute atomic E-state index is 0.134. The molecule has 0 spiro atoms. The lowest BCUT2D eigenvalue weighted by molar-refractivity contribution is 0.101. The van der Waals surface area contributed by atoms with Gasteiger partial charge in [0.2, 0.25) is 0 Å². The minimum Gasteiger partial charge on any atom is -0.339 e. The summed E-state index contributed by atoms with van der Waals surface area (Å²) >= 11 is 12.0. The fourth-order valence-corrected chi connectivity index (χ4v) is 2.24. The Balaban J connectivity index is 2.31. The highest BCUT2D eigenvalue weighted by molar-refractivity contribution is 6.33. The Kier molecular flexibility index (Phi) is 4.35. The largest absolute Gasteiger partial charge is 0.339 e. The second-order valence-corrected chi connectivity index (χ2v) is 5.64. The molecule has 20 heavy (non-hydrogen) atoms. The van der Waals surface area contributed by atoms with Crippen molar-refractivity contribution in [2.45, 2.75) is 26.8 Å². The Hall–Kier alpha value is -1.52. The SMILES string of the molecule is Cc1cnc(Cl)c(NC(=O)c2cc(Cl)cn2C(C)C)c1. The van der Waals surface area contributed by atoms with Crippen molar-refractivity contribution in [3.05, 3.63) is 46.0 Å². The third-order valence-corrected chi connectivity index (χ3v) is 3.34. The van der Waals surface area contributed by atoms with Gasteiger partial charge >= 0.3 is 0 Å². The third-order valence-electron chi connectivity index (χ3n) is 2.83. The summed E-state index contributed by atoms with van der Waals surface area (Å²) < 4.78 is 1.81. The summed E-state index contributed by atoms with van der Waals surface area (Å²) in [4.78, 5) is 16.3. The molecule has 0 radical (unpaired) electrons. The molecule has 106 valence electrons. The smallest absolute Gasteiger partial charge is 0.272 e. The number of amides is 1. The van der Waals surface area contributed by atoms with Gasteiger partial charge in [0.05, 0.1) is 10.7 Å². The van der Waals surface area contributed by atoms with Gasteiger partial charge in [-0.15, -0.1) is 0 Å². The predicted molar refractivity (Wildman–Crippen MR) is 81.8 cm³/mol. The van der Waals surface area contributed by atoms with Gasteiger partial charge in [0.15, 0.2) is 5.15 Å². The van der Waals surface area contributed by atoms with Crippen molar-refractivity contribution < 1.29 is 4.79 Å². The molecule has 0 saturated heterocycles. The van der Waals surface area contributed by atoms with Crippen LogP contribution >= 0.6 is 23.2 Å². The van der Waals surface area contributed by atoms with Crippen LogP contribution in [0.2, 0.25) is 10.2 Å². The summed E-state index contributed by atoms with van der Waals surface area (Å²) in [6.07, 6.45) is 3.38. The normalized spacial score (nSPS) is 10.9. The van der Waals surface area contributed by atoms with Gasteiger partial charge in [-0.1, -0.05) is 23.2 Å². The lowest BCUT2D eigenvalue weighted by atomic mass is 10.3. The zero-order valence-electron chi connectivity index (χ0n) is 11.4. The van der Waals surface area contributed by atoms with E-state index in [1.807, 2.05) is 25.3 Å². The summed E-state index contributed by atoms with van der Waals surface area (Å²) in [5.74, 6) is -0.264. The molecule has 0 aliphatic rings. The second-order valence-electron chi connectivity index (χ2n) is 4.85. The lowest BCUT2D eigenvalue weighted by Gasteiger charge is -2.13. The molecule has 2 aromatic rings. The summed E-state index contributed by atoms with van der Waals surface area (Å²) in [6, 6.07) is 3.54. The van der Waals surface area contributed by atoms with Gasteiger partial charge in [0.25, 0.3) is 5.91 Å². The monoisotopic (exact) mass is 311 g/mol. The van der Waals surface area contributed by atoms with E-state index in [0.29, 0.717) is 16.4 Å². The van der Waals surface area contributed by atoms with E-state index in [9.17, 15) is 4.79 Å². The van der Waals surface area contributed by atoms with Gasteiger partial charge in [-0.2, -0.15) is 0 Å². The summed E-state index contributed by atoms with van der Waals surface area (Å²) in [5, 5.41) is 3.55. The summed E-state index contributed by atoms with van der Waals surface area (Å²) in [6.45, 7) is 5.84. The van der Waals surface area contributed by atoms with Crippen LogP contribution in [0.15, 0.2) is 24.5 Å². The zero-order chi connectivity index (χ0) is 14.9. The molecular weight excluding hydrogens is 297 g/mol. The molecule has 0 fully saturated rings. The number of rotatable bonds is 3. The Bertz CT molecular complexity index is 650. The van der Waals surface area contributed by atoms with Crippen molar-refractivity contribution in [2.24, 2.45) is 0 Å². The number of hydrogen-bond acceptors (Lipinski definition) is 2. The van der Waals surface area contributed by atoms with Gasteiger partial charge in [-0.25, -0.2) is 4.98 Å². The maximum atomic E-state index is 12.3. The van der Waals surface area contributed by atoms with E-state index in [1.54, 1.807) is 24.5 Å². The van der Waals surface area contributed by atoms with Gasteiger partial charge in [-0.05, 0) is 38.5 Å². The lowest BCUT2D eigenvalue weighted by Crippen LogP contribution is -2.18. The van der Waals surface area contributed by atoms with Crippen LogP contribution in [0.1, 0.15) is 35.9 Å². The Morgan fingerprint density at radius 3 is 2.70 bits per heavy atom. The van der Waals surface area contributed by atoms with Crippen molar-refractivity contribution in [1.82, 2.24) is 9.55 Å². The van der Waals surface area contributed by atoms with Crippen molar-refractivity contribution in [1.29, 1.82) is 0 Å². The maximum absolute atomic E-state index is 12.3. The second kappa shape index (κ2) is 5.85. The van der Waals surface area contributed by atoms with Crippen LogP contribution in [-0.2, 0) is 0 Å². The van der Waals surface area contributed by atoms with E-state index in [-0.39, 0.29) is 17.1 Å². The number of pyridine rings is 1. The Morgan fingerprint density at radius 1 is 1.35 bits per heavy atom. The first-order chi connectivity index (χ1) is 9.38. The van der Waals surface area contributed by atoms with Crippen LogP contribution in [-0.4, -0.2) is 15.5 Å². The molecule has 0 bridgehead atoms. The van der Waals surface area contributed by atoms with Gasteiger partial charge in [-0.3, -0.25) is 4.79 Å². The molecule has 0 aliphatic carbocycles. The Morgan fingerprint density at radius 2 is 2.05 bits per heavy atom. The van der Waals surface area contributed by atoms with Crippen LogP contribution < -0.4 is 5.32 Å². The van der Waals surface area contributed by atoms with Crippen molar-refractivity contribution in [3.8, 4) is 0 Å². The van der Waals surface area contributed by atoms with Crippen LogP contribution in [0.4, 0.5) is 5.69 Å². The average Bonchev–Trinajstić information content (AvgIpc) is 2.76. The van der Waals surface area contributed by atoms with Crippen LogP contribution in [0.3, 0.4) is 0 Å². The molecule has 1 amide bonds. The zero-order valence-corrected chi connectivity index (χ0v) is 13.0.